The zero-order chi connectivity index (χ0) is 10.3. The number of rotatable bonds is 0. The Morgan fingerprint density at radius 3 is 2.79 bits per heavy atom. The number of hydrogen-bond donors (Lipinski definition) is 1. The molecule has 0 bridgehead atoms. The van der Waals surface area contributed by atoms with Crippen LogP contribution in [0.3, 0.4) is 0 Å². The van der Waals surface area contributed by atoms with Crippen LogP contribution in [0.15, 0.2) is 27.8 Å². The van der Waals surface area contributed by atoms with Gasteiger partial charge in [0, 0.05) is 7.05 Å². The van der Waals surface area contributed by atoms with Crippen LogP contribution in [0.1, 0.15) is 0 Å². The van der Waals surface area contributed by atoms with E-state index in [0.29, 0.717) is 0 Å². The Kier molecular flexibility index (Phi) is 1.73. The zero-order valence-electron chi connectivity index (χ0n) is 7.37. The van der Waals surface area contributed by atoms with Gasteiger partial charge in [0.1, 0.15) is 5.82 Å². The van der Waals surface area contributed by atoms with Crippen molar-refractivity contribution >= 4 is 10.8 Å². The summed E-state index contributed by atoms with van der Waals surface area (Å²) in [4.78, 5) is 22.8. The van der Waals surface area contributed by atoms with Crippen molar-refractivity contribution in [1.29, 1.82) is 0 Å². The highest BCUT2D eigenvalue weighted by molar-refractivity contribution is 5.80. The van der Waals surface area contributed by atoms with E-state index in [1.807, 2.05) is 0 Å². The summed E-state index contributed by atoms with van der Waals surface area (Å²) in [5.41, 5.74) is -1.01. The van der Waals surface area contributed by atoms with Crippen LogP contribution < -0.4 is 11.1 Å². The molecule has 4 nitrogen and oxygen atoms in total. The van der Waals surface area contributed by atoms with Crippen molar-refractivity contribution in [2.75, 3.05) is 0 Å². The number of nitrogens with one attached hydrogen (secondary N) is 1. The SMILES string of the molecule is Cn1[nH]c(=O)c2cccc(F)c2c1=O. The molecule has 72 valence electrons. The summed E-state index contributed by atoms with van der Waals surface area (Å²) >= 11 is 0. The van der Waals surface area contributed by atoms with Crippen molar-refractivity contribution in [2.45, 2.75) is 0 Å². The van der Waals surface area contributed by atoms with Crippen LogP contribution >= 0.6 is 0 Å². The minimum atomic E-state index is -0.672. The molecular weight excluding hydrogens is 187 g/mol. The molecule has 0 fully saturated rings. The molecule has 0 unspecified atom stereocenters. The summed E-state index contributed by atoms with van der Waals surface area (Å²) in [6, 6.07) is 3.97. The number of aromatic amines is 1. The number of H-pyrrole nitrogens is 1. The van der Waals surface area contributed by atoms with Crippen LogP contribution in [0.25, 0.3) is 10.8 Å². The smallest absolute Gasteiger partial charge is 0.267 e. The Balaban J connectivity index is 3.20. The summed E-state index contributed by atoms with van der Waals surface area (Å²) in [5, 5.41) is 2.20. The highest BCUT2D eigenvalue weighted by Crippen LogP contribution is 2.08. The third-order valence-corrected chi connectivity index (χ3v) is 2.05. The summed E-state index contributed by atoms with van der Waals surface area (Å²) in [7, 11) is 1.37. The molecule has 0 spiro atoms. The Morgan fingerprint density at radius 2 is 2.07 bits per heavy atom. The summed E-state index contributed by atoms with van der Waals surface area (Å²) in [6.07, 6.45) is 0. The van der Waals surface area contributed by atoms with Gasteiger partial charge in [0.2, 0.25) is 0 Å². The number of benzene rings is 1. The monoisotopic (exact) mass is 194 g/mol. The summed E-state index contributed by atoms with van der Waals surface area (Å²) in [6.45, 7) is 0. The topological polar surface area (TPSA) is 54.9 Å². The second-order valence-corrected chi connectivity index (χ2v) is 2.97. The van der Waals surface area contributed by atoms with Gasteiger partial charge >= 0.3 is 0 Å². The van der Waals surface area contributed by atoms with Crippen LogP contribution in [0.2, 0.25) is 0 Å². The predicted molar refractivity (Wildman–Crippen MR) is 49.8 cm³/mol. The van der Waals surface area contributed by atoms with Crippen molar-refractivity contribution in [3.8, 4) is 0 Å². The third-order valence-electron chi connectivity index (χ3n) is 2.05. The molecule has 5 heteroatoms. The predicted octanol–water partition coefficient (Wildman–Crippen LogP) is 0.366. The van der Waals surface area contributed by atoms with E-state index in [9.17, 15) is 14.0 Å². The van der Waals surface area contributed by atoms with Gasteiger partial charge in [-0.15, -0.1) is 0 Å². The molecule has 0 radical (unpaired) electrons. The first kappa shape index (κ1) is 8.68. The summed E-state index contributed by atoms with van der Waals surface area (Å²) in [5.74, 6) is -0.672. The lowest BCUT2D eigenvalue weighted by molar-refractivity contribution is 0.631. The van der Waals surface area contributed by atoms with Crippen LogP contribution in [0.5, 0.6) is 0 Å². The zero-order valence-corrected chi connectivity index (χ0v) is 7.37. The van der Waals surface area contributed by atoms with Gasteiger partial charge in [-0.05, 0) is 12.1 Å². The highest BCUT2D eigenvalue weighted by Gasteiger charge is 2.08. The van der Waals surface area contributed by atoms with E-state index in [2.05, 4.69) is 5.10 Å². The fourth-order valence-electron chi connectivity index (χ4n) is 1.36. The first-order valence-electron chi connectivity index (χ1n) is 3.99. The largest absolute Gasteiger partial charge is 0.275 e. The average Bonchev–Trinajstić information content (AvgIpc) is 2.14. The van der Waals surface area contributed by atoms with Gasteiger partial charge in [-0.1, -0.05) is 6.07 Å². The van der Waals surface area contributed by atoms with Crippen molar-refractivity contribution < 1.29 is 4.39 Å². The maximum absolute atomic E-state index is 13.2. The van der Waals surface area contributed by atoms with Crippen LogP contribution in [-0.2, 0) is 7.05 Å². The van der Waals surface area contributed by atoms with Gasteiger partial charge in [0.15, 0.2) is 0 Å². The number of aryl methyl sites for hydroxylation is 1. The van der Waals surface area contributed by atoms with E-state index in [1.165, 1.54) is 19.2 Å². The minimum absolute atomic E-state index is 0.0769. The van der Waals surface area contributed by atoms with Gasteiger partial charge < -0.3 is 0 Å². The van der Waals surface area contributed by atoms with Gasteiger partial charge in [-0.2, -0.15) is 0 Å². The number of hydrogen-bond acceptors (Lipinski definition) is 2. The quantitative estimate of drug-likeness (QED) is 0.658. The van der Waals surface area contributed by atoms with Gasteiger partial charge in [-0.25, -0.2) is 4.39 Å². The maximum Gasteiger partial charge on any atom is 0.275 e. The van der Waals surface area contributed by atoms with Crippen LogP contribution in [0, 0.1) is 5.82 Å². The lowest BCUT2D eigenvalue weighted by Crippen LogP contribution is -2.27. The van der Waals surface area contributed by atoms with Crippen LogP contribution in [-0.4, -0.2) is 9.78 Å². The van der Waals surface area contributed by atoms with E-state index in [4.69, 9.17) is 0 Å². The number of nitrogens with zero attached hydrogens (tertiary/aromatic N) is 1. The molecular formula is C9H7FN2O2. The first-order chi connectivity index (χ1) is 6.61. The maximum atomic E-state index is 13.2. The number of fused-ring (bicyclic) bond motifs is 1. The van der Waals surface area contributed by atoms with Gasteiger partial charge in [-0.3, -0.25) is 19.4 Å². The first-order valence-corrected chi connectivity index (χ1v) is 3.99. The van der Waals surface area contributed by atoms with E-state index >= 15 is 0 Å². The standard InChI is InChI=1S/C9H7FN2O2/c1-12-9(14)7-5(8(13)11-12)3-2-4-6(7)10/h2-4H,1H3,(H,11,13). The minimum Gasteiger partial charge on any atom is -0.267 e. The number of aromatic nitrogens is 2. The molecule has 2 rings (SSSR count). The molecule has 0 amide bonds. The molecule has 2 aromatic rings. The van der Waals surface area contributed by atoms with Crippen molar-refractivity contribution in [1.82, 2.24) is 9.78 Å². The number of halogens is 1. The third kappa shape index (κ3) is 1.06. The van der Waals surface area contributed by atoms with Gasteiger partial charge in [0.25, 0.3) is 11.1 Å². The molecule has 0 atom stereocenters. The van der Waals surface area contributed by atoms with E-state index in [-0.39, 0.29) is 10.8 Å². The van der Waals surface area contributed by atoms with E-state index < -0.39 is 16.9 Å². The van der Waals surface area contributed by atoms with E-state index in [0.717, 1.165) is 10.7 Å². The lowest BCUT2D eigenvalue weighted by atomic mass is 10.2. The van der Waals surface area contributed by atoms with Crippen molar-refractivity contribution in [2.24, 2.45) is 7.05 Å². The molecule has 1 aromatic carbocycles. The molecule has 14 heavy (non-hydrogen) atoms. The Bertz CT molecular complexity index is 612. The molecule has 0 saturated heterocycles. The Hall–Kier alpha value is -1.91. The highest BCUT2D eigenvalue weighted by atomic mass is 19.1. The molecule has 0 aliphatic rings. The second-order valence-electron chi connectivity index (χ2n) is 2.97. The second kappa shape index (κ2) is 2.80. The normalized spacial score (nSPS) is 10.7. The molecule has 1 heterocycles. The van der Waals surface area contributed by atoms with Crippen molar-refractivity contribution in [3.63, 3.8) is 0 Å². The summed E-state index contributed by atoms with van der Waals surface area (Å²) < 4.78 is 14.2. The van der Waals surface area contributed by atoms with Crippen LogP contribution in [0.4, 0.5) is 4.39 Å². The van der Waals surface area contributed by atoms with Gasteiger partial charge in [0.05, 0.1) is 10.8 Å². The fourth-order valence-corrected chi connectivity index (χ4v) is 1.36. The Labute approximate surface area is 77.6 Å². The molecule has 0 aliphatic heterocycles. The van der Waals surface area contributed by atoms with Crippen molar-refractivity contribution in [3.05, 3.63) is 44.7 Å². The average molecular weight is 194 g/mol. The molecule has 0 saturated carbocycles. The van der Waals surface area contributed by atoms with E-state index in [1.54, 1.807) is 0 Å². The Morgan fingerprint density at radius 1 is 1.36 bits per heavy atom. The molecule has 1 N–H and O–H groups in total. The fraction of sp³-hybridized carbons (Fsp3) is 0.111. The molecule has 1 aromatic heterocycles. The lowest BCUT2D eigenvalue weighted by Gasteiger charge is -2.00. The molecule has 0 aliphatic carbocycles.